The van der Waals surface area contributed by atoms with E-state index >= 15 is 0 Å². The molecule has 0 saturated carbocycles. The van der Waals surface area contributed by atoms with Gasteiger partial charge in [-0.2, -0.15) is 0 Å². The smallest absolute Gasteiger partial charge is 0.194 e. The van der Waals surface area contributed by atoms with Crippen molar-refractivity contribution < 1.29 is 0 Å². The van der Waals surface area contributed by atoms with Crippen LogP contribution >= 0.6 is 23.1 Å². The fraction of sp³-hybridized carbons (Fsp3) is 0.312. The SMILES string of the molecule is CCCNCc1c(Sc2ccccc2C)nc2sccn12. The van der Waals surface area contributed by atoms with Crippen LogP contribution in [0.4, 0.5) is 0 Å². The molecule has 3 nitrogen and oxygen atoms in total. The lowest BCUT2D eigenvalue weighted by Gasteiger charge is -2.07. The summed E-state index contributed by atoms with van der Waals surface area (Å²) in [5.74, 6) is 0. The number of hydrogen-bond acceptors (Lipinski definition) is 4. The van der Waals surface area contributed by atoms with Crippen LogP contribution in [0.3, 0.4) is 0 Å². The standard InChI is InChI=1S/C16H19N3S2/c1-3-8-17-11-13-15(18-16-19(13)9-10-20-16)21-14-7-5-4-6-12(14)2/h4-7,9-10,17H,3,8,11H2,1-2H3. The van der Waals surface area contributed by atoms with E-state index in [2.05, 4.69) is 59.4 Å². The van der Waals surface area contributed by atoms with Crippen molar-refractivity contribution in [3.63, 3.8) is 0 Å². The summed E-state index contributed by atoms with van der Waals surface area (Å²) in [5.41, 5.74) is 2.55. The number of rotatable bonds is 6. The molecule has 0 saturated heterocycles. The molecule has 0 amide bonds. The van der Waals surface area contributed by atoms with Crippen molar-refractivity contribution in [1.29, 1.82) is 0 Å². The van der Waals surface area contributed by atoms with E-state index in [4.69, 9.17) is 4.98 Å². The van der Waals surface area contributed by atoms with Gasteiger partial charge < -0.3 is 5.32 Å². The van der Waals surface area contributed by atoms with Crippen LogP contribution in [0.5, 0.6) is 0 Å². The van der Waals surface area contributed by atoms with Gasteiger partial charge in [-0.15, -0.1) is 11.3 Å². The van der Waals surface area contributed by atoms with Crippen molar-refractivity contribution in [3.8, 4) is 0 Å². The highest BCUT2D eigenvalue weighted by Gasteiger charge is 2.14. The Balaban J connectivity index is 1.91. The van der Waals surface area contributed by atoms with Crippen LogP contribution < -0.4 is 5.32 Å². The minimum Gasteiger partial charge on any atom is -0.311 e. The summed E-state index contributed by atoms with van der Waals surface area (Å²) in [6, 6.07) is 8.48. The van der Waals surface area contributed by atoms with Crippen molar-refractivity contribution in [2.75, 3.05) is 6.54 Å². The zero-order chi connectivity index (χ0) is 14.7. The van der Waals surface area contributed by atoms with Crippen LogP contribution in [-0.2, 0) is 6.54 Å². The predicted octanol–water partition coefficient (Wildman–Crippen LogP) is 4.36. The van der Waals surface area contributed by atoms with Gasteiger partial charge in [-0.1, -0.05) is 36.9 Å². The van der Waals surface area contributed by atoms with Gasteiger partial charge in [0, 0.05) is 23.0 Å². The molecule has 0 atom stereocenters. The zero-order valence-corrected chi connectivity index (χ0v) is 13.9. The number of aromatic nitrogens is 2. The van der Waals surface area contributed by atoms with E-state index in [9.17, 15) is 0 Å². The minimum atomic E-state index is 0.861. The summed E-state index contributed by atoms with van der Waals surface area (Å²) >= 11 is 3.45. The van der Waals surface area contributed by atoms with Gasteiger partial charge in [0.25, 0.3) is 0 Å². The predicted molar refractivity (Wildman–Crippen MR) is 90.4 cm³/mol. The second-order valence-electron chi connectivity index (χ2n) is 4.96. The van der Waals surface area contributed by atoms with Gasteiger partial charge in [0.05, 0.1) is 5.69 Å². The Morgan fingerprint density at radius 1 is 1.33 bits per heavy atom. The summed E-state index contributed by atoms with van der Waals surface area (Å²) in [4.78, 5) is 7.14. The Labute approximate surface area is 133 Å². The van der Waals surface area contributed by atoms with Crippen LogP contribution in [0.15, 0.2) is 45.8 Å². The topological polar surface area (TPSA) is 29.3 Å². The van der Waals surface area contributed by atoms with Gasteiger partial charge in [0.1, 0.15) is 5.03 Å². The third-order valence-electron chi connectivity index (χ3n) is 3.34. The van der Waals surface area contributed by atoms with Crippen LogP contribution in [0, 0.1) is 6.92 Å². The fourth-order valence-electron chi connectivity index (χ4n) is 2.21. The average molecular weight is 317 g/mol. The first kappa shape index (κ1) is 14.6. The Morgan fingerprint density at radius 3 is 3.00 bits per heavy atom. The quantitative estimate of drug-likeness (QED) is 0.685. The fourth-order valence-corrected chi connectivity index (χ4v) is 4.01. The number of aryl methyl sites for hydroxylation is 1. The van der Waals surface area contributed by atoms with E-state index in [0.29, 0.717) is 0 Å². The number of hydrogen-bond donors (Lipinski definition) is 1. The molecule has 0 spiro atoms. The van der Waals surface area contributed by atoms with Crippen molar-refractivity contribution in [3.05, 3.63) is 47.1 Å². The average Bonchev–Trinajstić information content (AvgIpc) is 3.04. The molecule has 0 aliphatic rings. The molecule has 3 rings (SSSR count). The highest BCUT2D eigenvalue weighted by Crippen LogP contribution is 2.33. The Bertz CT molecular complexity index is 730. The van der Waals surface area contributed by atoms with E-state index in [1.807, 2.05) is 0 Å². The molecule has 1 aromatic carbocycles. The Morgan fingerprint density at radius 2 is 2.19 bits per heavy atom. The third kappa shape index (κ3) is 3.15. The van der Waals surface area contributed by atoms with Crippen molar-refractivity contribution in [1.82, 2.24) is 14.7 Å². The van der Waals surface area contributed by atoms with Gasteiger partial charge in [-0.25, -0.2) is 4.98 Å². The van der Waals surface area contributed by atoms with Gasteiger partial charge >= 0.3 is 0 Å². The van der Waals surface area contributed by atoms with E-state index < -0.39 is 0 Å². The molecular formula is C16H19N3S2. The summed E-state index contributed by atoms with van der Waals surface area (Å²) in [7, 11) is 0. The molecule has 0 fully saturated rings. The molecule has 110 valence electrons. The van der Waals surface area contributed by atoms with Gasteiger partial charge in [0.15, 0.2) is 4.96 Å². The van der Waals surface area contributed by atoms with Crippen LogP contribution in [0.25, 0.3) is 4.96 Å². The second-order valence-corrected chi connectivity index (χ2v) is 6.87. The van der Waals surface area contributed by atoms with Crippen molar-refractivity contribution in [2.45, 2.75) is 36.7 Å². The molecule has 2 aromatic heterocycles. The largest absolute Gasteiger partial charge is 0.311 e. The Kier molecular flexibility index (Phi) is 4.63. The molecule has 0 aliphatic carbocycles. The number of imidazole rings is 1. The lowest BCUT2D eigenvalue weighted by Crippen LogP contribution is -2.15. The summed E-state index contributed by atoms with van der Waals surface area (Å²) in [6.07, 6.45) is 3.25. The number of thiazole rings is 1. The Hall–Kier alpha value is -1.30. The van der Waals surface area contributed by atoms with Gasteiger partial charge in [-0.3, -0.25) is 4.40 Å². The first-order chi connectivity index (χ1) is 10.3. The zero-order valence-electron chi connectivity index (χ0n) is 12.3. The maximum Gasteiger partial charge on any atom is 0.194 e. The van der Waals surface area contributed by atoms with E-state index in [0.717, 1.165) is 29.5 Å². The molecule has 1 N–H and O–H groups in total. The van der Waals surface area contributed by atoms with E-state index in [-0.39, 0.29) is 0 Å². The highest BCUT2D eigenvalue weighted by atomic mass is 32.2. The summed E-state index contributed by atoms with van der Waals surface area (Å²) in [6.45, 7) is 6.23. The lowest BCUT2D eigenvalue weighted by molar-refractivity contribution is 0.653. The number of benzene rings is 1. The molecule has 3 aromatic rings. The summed E-state index contributed by atoms with van der Waals surface area (Å²) < 4.78 is 2.20. The normalized spacial score (nSPS) is 11.3. The van der Waals surface area contributed by atoms with Crippen LogP contribution in [0.1, 0.15) is 24.6 Å². The molecular weight excluding hydrogens is 298 g/mol. The van der Waals surface area contributed by atoms with Crippen LogP contribution in [0.2, 0.25) is 0 Å². The molecule has 2 heterocycles. The van der Waals surface area contributed by atoms with Gasteiger partial charge in [-0.05, 0) is 31.5 Å². The minimum absolute atomic E-state index is 0.861. The van der Waals surface area contributed by atoms with Crippen LogP contribution in [-0.4, -0.2) is 15.9 Å². The molecule has 0 unspecified atom stereocenters. The summed E-state index contributed by atoms with van der Waals surface area (Å²) in [5, 5.41) is 6.69. The van der Waals surface area contributed by atoms with E-state index in [1.165, 1.54) is 16.2 Å². The van der Waals surface area contributed by atoms with Crippen molar-refractivity contribution >= 4 is 28.1 Å². The third-order valence-corrected chi connectivity index (χ3v) is 5.30. The molecule has 21 heavy (non-hydrogen) atoms. The second kappa shape index (κ2) is 6.64. The van der Waals surface area contributed by atoms with Crippen molar-refractivity contribution in [2.24, 2.45) is 0 Å². The van der Waals surface area contributed by atoms with E-state index in [1.54, 1.807) is 23.1 Å². The number of nitrogens with one attached hydrogen (secondary N) is 1. The highest BCUT2D eigenvalue weighted by molar-refractivity contribution is 7.99. The molecule has 0 radical (unpaired) electrons. The maximum atomic E-state index is 4.79. The number of fused-ring (bicyclic) bond motifs is 1. The first-order valence-corrected chi connectivity index (χ1v) is 8.88. The maximum absolute atomic E-state index is 4.79. The first-order valence-electron chi connectivity index (χ1n) is 7.18. The number of nitrogens with zero attached hydrogens (tertiary/aromatic N) is 2. The molecule has 0 bridgehead atoms. The molecule has 5 heteroatoms. The lowest BCUT2D eigenvalue weighted by atomic mass is 10.2. The molecule has 0 aliphatic heterocycles. The monoisotopic (exact) mass is 317 g/mol. The van der Waals surface area contributed by atoms with Gasteiger partial charge in [0.2, 0.25) is 0 Å².